The van der Waals surface area contributed by atoms with Crippen molar-refractivity contribution in [3.8, 4) is 0 Å². The molecule has 1 heterocycles. The zero-order valence-electron chi connectivity index (χ0n) is 8.78. The Morgan fingerprint density at radius 2 is 1.40 bits per heavy atom. The monoisotopic (exact) mass is 250 g/mol. The fraction of sp³-hybridized carbons (Fsp3) is 0.778. The third-order valence-electron chi connectivity index (χ3n) is 2.06. The zero-order chi connectivity index (χ0) is 11.3. The van der Waals surface area contributed by atoms with Crippen molar-refractivity contribution in [2.75, 3.05) is 25.7 Å². The van der Waals surface area contributed by atoms with Crippen LogP contribution >= 0.6 is 23.5 Å². The molecule has 0 N–H and O–H groups in total. The van der Waals surface area contributed by atoms with Crippen LogP contribution in [0, 0.1) is 0 Å². The molecule has 0 saturated carbocycles. The molecule has 0 aromatic carbocycles. The minimum Gasteiger partial charge on any atom is -0.467 e. The molecule has 0 aromatic rings. The smallest absolute Gasteiger partial charge is 0.344 e. The highest BCUT2D eigenvalue weighted by Gasteiger charge is 2.50. The highest BCUT2D eigenvalue weighted by atomic mass is 32.2. The lowest BCUT2D eigenvalue weighted by Crippen LogP contribution is -2.42. The molecular formula is C9H14O4S2. The third kappa shape index (κ3) is 2.60. The van der Waals surface area contributed by atoms with Gasteiger partial charge in [0.2, 0.25) is 0 Å². The molecule has 0 atom stereocenters. The molecule has 1 rings (SSSR count). The molecule has 0 aliphatic carbocycles. The Labute approximate surface area is 97.4 Å². The molecule has 1 fully saturated rings. The van der Waals surface area contributed by atoms with Gasteiger partial charge in [-0.25, -0.2) is 9.59 Å². The summed E-state index contributed by atoms with van der Waals surface area (Å²) in [7, 11) is 2.58. The second-order valence-corrected chi connectivity index (χ2v) is 5.88. The molecular weight excluding hydrogens is 236 g/mol. The molecule has 1 aliphatic rings. The number of carbonyl (C=O) groups is 2. The van der Waals surface area contributed by atoms with Gasteiger partial charge in [0, 0.05) is 0 Å². The van der Waals surface area contributed by atoms with E-state index in [9.17, 15) is 9.59 Å². The van der Waals surface area contributed by atoms with E-state index in [1.165, 1.54) is 37.7 Å². The van der Waals surface area contributed by atoms with Gasteiger partial charge in [-0.3, -0.25) is 0 Å². The molecule has 0 bridgehead atoms. The summed E-state index contributed by atoms with van der Waals surface area (Å²) < 4.78 is 8.17. The number of rotatable bonds is 2. The number of esters is 2. The lowest BCUT2D eigenvalue weighted by Gasteiger charge is -2.24. The number of carbonyl (C=O) groups excluding carboxylic acids is 2. The normalized spacial score (nSPS) is 20.1. The van der Waals surface area contributed by atoms with Crippen LogP contribution in [0.3, 0.4) is 0 Å². The highest BCUT2D eigenvalue weighted by Crippen LogP contribution is 2.42. The summed E-state index contributed by atoms with van der Waals surface area (Å²) in [6.07, 6.45) is 2.01. The molecule has 0 radical (unpaired) electrons. The minimum atomic E-state index is -1.21. The second kappa shape index (κ2) is 5.65. The Kier molecular flexibility index (Phi) is 4.79. The number of thioether (sulfide) groups is 2. The van der Waals surface area contributed by atoms with Crippen molar-refractivity contribution in [1.29, 1.82) is 0 Å². The first kappa shape index (κ1) is 12.7. The van der Waals surface area contributed by atoms with E-state index < -0.39 is 16.0 Å². The summed E-state index contributed by atoms with van der Waals surface area (Å²) >= 11 is 2.62. The molecule has 1 saturated heterocycles. The number of hydrogen-bond donors (Lipinski definition) is 0. The molecule has 0 unspecified atom stereocenters. The van der Waals surface area contributed by atoms with Gasteiger partial charge in [0.1, 0.15) is 0 Å². The highest BCUT2D eigenvalue weighted by molar-refractivity contribution is 8.20. The van der Waals surface area contributed by atoms with E-state index >= 15 is 0 Å². The number of hydrogen-bond acceptors (Lipinski definition) is 6. The summed E-state index contributed by atoms with van der Waals surface area (Å²) in [5, 5.41) is 0. The van der Waals surface area contributed by atoms with E-state index in [0.29, 0.717) is 0 Å². The van der Waals surface area contributed by atoms with Crippen molar-refractivity contribution in [3.05, 3.63) is 0 Å². The first-order valence-electron chi connectivity index (χ1n) is 4.62. The van der Waals surface area contributed by atoms with Gasteiger partial charge in [0.25, 0.3) is 4.08 Å². The minimum absolute atomic E-state index is 0.522. The lowest BCUT2D eigenvalue weighted by molar-refractivity contribution is -0.151. The molecule has 1 aliphatic heterocycles. The Hall–Kier alpha value is -0.360. The Balaban J connectivity index is 2.92. The average molecular weight is 250 g/mol. The predicted molar refractivity (Wildman–Crippen MR) is 60.9 cm³/mol. The quantitative estimate of drug-likeness (QED) is 0.544. The van der Waals surface area contributed by atoms with E-state index in [2.05, 4.69) is 0 Å². The lowest BCUT2D eigenvalue weighted by atomic mass is 10.4. The molecule has 0 amide bonds. The van der Waals surface area contributed by atoms with Crippen LogP contribution in [-0.2, 0) is 19.1 Å². The maximum Gasteiger partial charge on any atom is 0.344 e. The first-order chi connectivity index (χ1) is 7.17. The molecule has 86 valence electrons. The Morgan fingerprint density at radius 1 is 1.00 bits per heavy atom. The largest absolute Gasteiger partial charge is 0.467 e. The van der Waals surface area contributed by atoms with Crippen molar-refractivity contribution < 1.29 is 19.1 Å². The van der Waals surface area contributed by atoms with Crippen LogP contribution in [-0.4, -0.2) is 41.7 Å². The third-order valence-corrected chi connectivity index (χ3v) is 5.23. The fourth-order valence-corrected chi connectivity index (χ4v) is 4.18. The SMILES string of the molecule is COC(=O)C1(C(=O)OC)SCCCCS1. The van der Waals surface area contributed by atoms with Crippen LogP contribution in [0.25, 0.3) is 0 Å². The van der Waals surface area contributed by atoms with Crippen molar-refractivity contribution in [2.45, 2.75) is 16.9 Å². The molecule has 15 heavy (non-hydrogen) atoms. The van der Waals surface area contributed by atoms with Gasteiger partial charge < -0.3 is 9.47 Å². The van der Waals surface area contributed by atoms with Gasteiger partial charge in [0.05, 0.1) is 14.2 Å². The van der Waals surface area contributed by atoms with Crippen molar-refractivity contribution in [1.82, 2.24) is 0 Å². The molecule has 6 heteroatoms. The maximum absolute atomic E-state index is 11.7. The summed E-state index contributed by atoms with van der Waals surface area (Å²) in [5.41, 5.74) is 0. The van der Waals surface area contributed by atoms with Crippen LogP contribution in [0.15, 0.2) is 0 Å². The number of methoxy groups -OCH3 is 2. The topological polar surface area (TPSA) is 52.6 Å². The van der Waals surface area contributed by atoms with Gasteiger partial charge in [-0.1, -0.05) is 0 Å². The van der Waals surface area contributed by atoms with E-state index in [4.69, 9.17) is 9.47 Å². The average Bonchev–Trinajstić information content (AvgIpc) is 2.53. The van der Waals surface area contributed by atoms with Crippen LogP contribution in [0.4, 0.5) is 0 Å². The van der Waals surface area contributed by atoms with E-state index in [0.717, 1.165) is 24.3 Å². The molecule has 0 spiro atoms. The van der Waals surface area contributed by atoms with E-state index in [1.54, 1.807) is 0 Å². The van der Waals surface area contributed by atoms with Crippen LogP contribution in [0.2, 0.25) is 0 Å². The van der Waals surface area contributed by atoms with Gasteiger partial charge in [-0.2, -0.15) is 0 Å². The van der Waals surface area contributed by atoms with Gasteiger partial charge in [0.15, 0.2) is 0 Å². The van der Waals surface area contributed by atoms with Crippen LogP contribution in [0.5, 0.6) is 0 Å². The predicted octanol–water partition coefficient (Wildman–Crippen LogP) is 1.29. The zero-order valence-corrected chi connectivity index (χ0v) is 10.4. The second-order valence-electron chi connectivity index (χ2n) is 3.00. The van der Waals surface area contributed by atoms with Gasteiger partial charge in [-0.05, 0) is 24.3 Å². The van der Waals surface area contributed by atoms with Crippen LogP contribution in [0.1, 0.15) is 12.8 Å². The summed E-state index contributed by atoms with van der Waals surface area (Å²) in [6.45, 7) is 0. The maximum atomic E-state index is 11.7. The first-order valence-corrected chi connectivity index (χ1v) is 6.59. The summed E-state index contributed by atoms with van der Waals surface area (Å²) in [6, 6.07) is 0. The Morgan fingerprint density at radius 3 is 1.73 bits per heavy atom. The molecule has 0 aromatic heterocycles. The molecule has 4 nitrogen and oxygen atoms in total. The van der Waals surface area contributed by atoms with E-state index in [1.807, 2.05) is 0 Å². The van der Waals surface area contributed by atoms with E-state index in [-0.39, 0.29) is 0 Å². The fourth-order valence-electron chi connectivity index (χ4n) is 1.27. The Bertz CT molecular complexity index is 228. The van der Waals surface area contributed by atoms with Gasteiger partial charge >= 0.3 is 11.9 Å². The van der Waals surface area contributed by atoms with Crippen LogP contribution < -0.4 is 0 Å². The van der Waals surface area contributed by atoms with Crippen molar-refractivity contribution in [3.63, 3.8) is 0 Å². The summed E-state index contributed by atoms with van der Waals surface area (Å²) in [5.74, 6) is 0.506. The number of ether oxygens (including phenoxy) is 2. The van der Waals surface area contributed by atoms with Crippen molar-refractivity contribution >= 4 is 35.5 Å². The standard InChI is InChI=1S/C9H14O4S2/c1-12-7(10)9(8(11)13-2)14-5-3-4-6-15-9/h3-6H2,1-2H3. The summed E-state index contributed by atoms with van der Waals surface area (Å²) in [4.78, 5) is 23.4. The van der Waals surface area contributed by atoms with Gasteiger partial charge in [-0.15, -0.1) is 23.5 Å². The van der Waals surface area contributed by atoms with Crippen molar-refractivity contribution in [2.24, 2.45) is 0 Å².